The first-order valence-electron chi connectivity index (χ1n) is 15.3. The Bertz CT molecular complexity index is 2280. The molecule has 0 radical (unpaired) electrons. The molecule has 1 unspecified atom stereocenters. The summed E-state index contributed by atoms with van der Waals surface area (Å²) in [4.78, 5) is 44.6. The number of allylic oxidation sites excluding steroid dienone is 1. The second-order valence-electron chi connectivity index (χ2n) is 11.2. The van der Waals surface area contributed by atoms with E-state index in [-0.39, 0.29) is 17.9 Å². The number of hydrogen-bond acceptors (Lipinski definition) is 9. The van der Waals surface area contributed by atoms with Crippen LogP contribution in [0.2, 0.25) is 0 Å². The van der Waals surface area contributed by atoms with E-state index in [4.69, 9.17) is 18.9 Å². The Labute approximate surface area is 274 Å². The molecule has 0 saturated heterocycles. The summed E-state index contributed by atoms with van der Waals surface area (Å²) in [6.07, 6.45) is 2.86. The van der Waals surface area contributed by atoms with Crippen LogP contribution >= 0.6 is 11.3 Å². The number of ether oxygens (including phenoxy) is 2. The molecule has 5 aromatic rings. The van der Waals surface area contributed by atoms with Crippen LogP contribution in [0, 0.1) is 24.0 Å². The third kappa shape index (κ3) is 5.67. The largest absolute Gasteiger partial charge is 0.496 e. The van der Waals surface area contributed by atoms with E-state index in [1.54, 1.807) is 43.7 Å². The van der Waals surface area contributed by atoms with Crippen molar-refractivity contribution in [1.82, 2.24) is 4.57 Å². The van der Waals surface area contributed by atoms with E-state index in [9.17, 15) is 19.7 Å². The van der Waals surface area contributed by atoms with Crippen LogP contribution in [0.1, 0.15) is 55.2 Å². The maximum Gasteiger partial charge on any atom is 0.338 e. The lowest BCUT2D eigenvalue weighted by Gasteiger charge is -2.28. The average molecular weight is 652 g/mol. The summed E-state index contributed by atoms with van der Waals surface area (Å²) in [6, 6.07) is 17.5. The Kier molecular flexibility index (Phi) is 8.65. The lowest BCUT2D eigenvalue weighted by molar-refractivity contribution is -0.385. The minimum atomic E-state index is -0.863. The van der Waals surface area contributed by atoms with E-state index < -0.39 is 16.9 Å². The van der Waals surface area contributed by atoms with Gasteiger partial charge in [-0.05, 0) is 67.8 Å². The summed E-state index contributed by atoms with van der Waals surface area (Å²) in [6.45, 7) is 7.44. The molecule has 3 heterocycles. The van der Waals surface area contributed by atoms with E-state index in [0.29, 0.717) is 61.0 Å². The second-order valence-corrected chi connectivity index (χ2v) is 12.2. The number of fused-ring (bicyclic) bond motifs is 2. The number of nitro groups is 1. The number of nitrogens with zero attached hydrogens (tertiary/aromatic N) is 3. The van der Waals surface area contributed by atoms with Crippen molar-refractivity contribution in [2.75, 3.05) is 13.7 Å². The first-order chi connectivity index (χ1) is 22.7. The zero-order valence-electron chi connectivity index (χ0n) is 26.7. The molecular formula is C36H33N3O7S. The van der Waals surface area contributed by atoms with Gasteiger partial charge in [-0.15, -0.1) is 0 Å². The number of thiazole rings is 1. The molecule has 6 rings (SSSR count). The molecule has 47 heavy (non-hydrogen) atoms. The zero-order valence-corrected chi connectivity index (χ0v) is 27.5. The molecule has 10 nitrogen and oxygen atoms in total. The van der Waals surface area contributed by atoms with Gasteiger partial charge in [0.2, 0.25) is 0 Å². The number of hydrogen-bond donors (Lipinski definition) is 0. The number of esters is 1. The van der Waals surface area contributed by atoms with Gasteiger partial charge in [0, 0.05) is 28.8 Å². The minimum absolute atomic E-state index is 0.00964. The quantitative estimate of drug-likeness (QED) is 0.101. The first kappa shape index (κ1) is 31.7. The molecule has 0 fully saturated rings. The maximum atomic E-state index is 14.4. The molecule has 1 aliphatic rings. The van der Waals surface area contributed by atoms with Crippen LogP contribution in [0.25, 0.3) is 28.2 Å². The molecule has 0 N–H and O–H groups in total. The Morgan fingerprint density at radius 2 is 1.91 bits per heavy atom. The van der Waals surface area contributed by atoms with Crippen LogP contribution in [-0.2, 0) is 9.53 Å². The highest BCUT2D eigenvalue weighted by Gasteiger charge is 2.37. The first-order valence-corrected chi connectivity index (χ1v) is 16.1. The number of aryl methyl sites for hydroxylation is 1. The van der Waals surface area contributed by atoms with Crippen molar-refractivity contribution in [3.05, 3.63) is 124 Å². The van der Waals surface area contributed by atoms with Gasteiger partial charge in [0.15, 0.2) is 4.80 Å². The summed E-state index contributed by atoms with van der Waals surface area (Å²) in [5.74, 6) is 0.820. The van der Waals surface area contributed by atoms with Gasteiger partial charge in [-0.1, -0.05) is 55.0 Å². The highest BCUT2D eigenvalue weighted by Crippen LogP contribution is 2.41. The molecule has 1 aliphatic heterocycles. The highest BCUT2D eigenvalue weighted by molar-refractivity contribution is 7.07. The van der Waals surface area contributed by atoms with Crippen LogP contribution in [0.15, 0.2) is 86.1 Å². The van der Waals surface area contributed by atoms with E-state index in [1.165, 1.54) is 17.4 Å². The van der Waals surface area contributed by atoms with Crippen molar-refractivity contribution in [2.45, 2.75) is 46.6 Å². The Hall–Kier alpha value is -5.29. The zero-order chi connectivity index (χ0) is 33.4. The third-order valence-corrected chi connectivity index (χ3v) is 9.32. The van der Waals surface area contributed by atoms with Gasteiger partial charge in [-0.25, -0.2) is 9.79 Å². The topological polar surface area (TPSA) is 126 Å². The molecule has 2 aromatic heterocycles. The number of aromatic nitrogens is 1. The predicted molar refractivity (Wildman–Crippen MR) is 180 cm³/mol. The number of methoxy groups -OCH3 is 1. The Balaban J connectivity index is 1.57. The molecule has 3 aromatic carbocycles. The monoisotopic (exact) mass is 651 g/mol. The normalized spacial score (nSPS) is 14.7. The number of rotatable bonds is 9. The number of nitro benzene ring substituents is 1. The molecule has 0 aliphatic carbocycles. The highest BCUT2D eigenvalue weighted by atomic mass is 32.1. The Morgan fingerprint density at radius 1 is 1.13 bits per heavy atom. The summed E-state index contributed by atoms with van der Waals surface area (Å²) < 4.78 is 19.4. The van der Waals surface area contributed by atoms with Gasteiger partial charge < -0.3 is 13.9 Å². The fourth-order valence-electron chi connectivity index (χ4n) is 6.02. The number of furan rings is 1. The van der Waals surface area contributed by atoms with Crippen LogP contribution in [-0.4, -0.2) is 29.2 Å². The lowest BCUT2D eigenvalue weighted by Crippen LogP contribution is -2.40. The van der Waals surface area contributed by atoms with Crippen molar-refractivity contribution < 1.29 is 23.6 Å². The van der Waals surface area contributed by atoms with Crippen molar-refractivity contribution >= 4 is 39.8 Å². The summed E-state index contributed by atoms with van der Waals surface area (Å²) in [7, 11) is 1.57. The van der Waals surface area contributed by atoms with Gasteiger partial charge in [0.05, 0.1) is 34.4 Å². The van der Waals surface area contributed by atoms with Crippen molar-refractivity contribution in [3.63, 3.8) is 0 Å². The average Bonchev–Trinajstić information content (AvgIpc) is 3.65. The van der Waals surface area contributed by atoms with Crippen LogP contribution in [0.3, 0.4) is 0 Å². The standard InChI is InChI=1S/C36H33N3O7S/c1-6-10-26-32(35(41)45-7-2)33(31-25-12-9-8-11-22(25)13-15-29(31)44-5)38-34(40)30(47-36(38)37-26)19-24-14-16-28(46-24)23-17-20(3)21(4)27(18-23)39(42)43/h8-9,11-19,33H,6-7,10H2,1-5H3/b30-19-. The number of benzene rings is 3. The van der Waals surface area contributed by atoms with E-state index in [2.05, 4.69) is 0 Å². The molecule has 0 bridgehead atoms. The van der Waals surface area contributed by atoms with Crippen LogP contribution in [0.4, 0.5) is 5.69 Å². The van der Waals surface area contributed by atoms with Gasteiger partial charge in [0.1, 0.15) is 23.3 Å². The molecule has 11 heteroatoms. The summed E-state index contributed by atoms with van der Waals surface area (Å²) in [5, 5.41) is 13.4. The lowest BCUT2D eigenvalue weighted by atomic mass is 9.90. The van der Waals surface area contributed by atoms with E-state index in [1.807, 2.05) is 56.3 Å². The second kappa shape index (κ2) is 12.8. The smallest absolute Gasteiger partial charge is 0.338 e. The molecule has 240 valence electrons. The maximum absolute atomic E-state index is 14.4. The SMILES string of the molecule is CCCC1=C(C(=O)OCC)C(c2c(OC)ccc3ccccc23)n2c(s/c(=C\c3ccc(-c4cc(C)c(C)c([N+](=O)[O-])c4)o3)c2=O)=N1. The number of carbonyl (C=O) groups excluding carboxylic acids is 1. The predicted octanol–water partition coefficient (Wildman–Crippen LogP) is 6.53. The summed E-state index contributed by atoms with van der Waals surface area (Å²) in [5.41, 5.74) is 3.11. The van der Waals surface area contributed by atoms with E-state index >= 15 is 0 Å². The van der Waals surface area contributed by atoms with Crippen LogP contribution in [0.5, 0.6) is 5.75 Å². The van der Waals surface area contributed by atoms with Crippen molar-refractivity contribution in [1.29, 1.82) is 0 Å². The van der Waals surface area contributed by atoms with Crippen molar-refractivity contribution in [3.8, 4) is 17.1 Å². The molecule has 0 spiro atoms. The van der Waals surface area contributed by atoms with Crippen LogP contribution < -0.4 is 19.6 Å². The Morgan fingerprint density at radius 3 is 2.64 bits per heavy atom. The summed E-state index contributed by atoms with van der Waals surface area (Å²) >= 11 is 1.20. The van der Waals surface area contributed by atoms with Gasteiger partial charge in [0.25, 0.3) is 11.2 Å². The molecule has 1 atom stereocenters. The number of carbonyl (C=O) groups is 1. The minimum Gasteiger partial charge on any atom is -0.496 e. The van der Waals surface area contributed by atoms with Gasteiger partial charge in [-0.2, -0.15) is 0 Å². The van der Waals surface area contributed by atoms with Crippen molar-refractivity contribution in [2.24, 2.45) is 4.99 Å². The van der Waals surface area contributed by atoms with Gasteiger partial charge in [-0.3, -0.25) is 19.5 Å². The molecular weight excluding hydrogens is 618 g/mol. The fraction of sp³-hybridized carbons (Fsp3) is 0.250. The third-order valence-electron chi connectivity index (χ3n) is 8.34. The van der Waals surface area contributed by atoms with Gasteiger partial charge >= 0.3 is 5.97 Å². The molecule has 0 saturated carbocycles. The van der Waals surface area contributed by atoms with E-state index in [0.717, 1.165) is 22.8 Å². The molecule has 0 amide bonds. The fourth-order valence-corrected chi connectivity index (χ4v) is 7.02.